The Bertz CT molecular complexity index is 813. The normalized spacial score (nSPS) is 17.4. The maximum absolute atomic E-state index is 12.6. The maximum atomic E-state index is 12.6. The van der Waals surface area contributed by atoms with Gasteiger partial charge in [-0.3, -0.25) is 9.79 Å². The molecule has 0 radical (unpaired) electrons. The molecule has 3 rings (SSSR count). The number of benzene rings is 2. The Morgan fingerprint density at radius 3 is 2.58 bits per heavy atom. The van der Waals surface area contributed by atoms with Crippen LogP contribution < -0.4 is 9.75 Å². The molecule has 2 aromatic carbocycles. The summed E-state index contributed by atoms with van der Waals surface area (Å²) in [6.45, 7) is 1.78. The van der Waals surface area contributed by atoms with Gasteiger partial charge in [-0.25, -0.2) is 0 Å². The van der Waals surface area contributed by atoms with Gasteiger partial charge in [0.05, 0.1) is 18.5 Å². The summed E-state index contributed by atoms with van der Waals surface area (Å²) in [5.74, 6) is 0.0492. The Kier molecular flexibility index (Phi) is 4.29. The molecule has 0 aromatic heterocycles. The number of phenolic OH excluding ortho intramolecular Hbond substituents is 1. The van der Waals surface area contributed by atoms with Gasteiger partial charge in [0.15, 0.2) is 0 Å². The summed E-state index contributed by atoms with van der Waals surface area (Å²) >= 11 is 0. The summed E-state index contributed by atoms with van der Waals surface area (Å²) in [6, 6.07) is 13.8. The van der Waals surface area contributed by atoms with E-state index in [1.165, 1.54) is 11.2 Å². The minimum atomic E-state index is -0.549. The molecule has 122 valence electrons. The van der Waals surface area contributed by atoms with Crippen LogP contribution in [0, 0.1) is 5.92 Å². The Morgan fingerprint density at radius 1 is 1.21 bits per heavy atom. The van der Waals surface area contributed by atoms with Crippen LogP contribution >= 0.6 is 0 Å². The van der Waals surface area contributed by atoms with Gasteiger partial charge in [0.2, 0.25) is 0 Å². The molecule has 0 bridgehead atoms. The Balaban J connectivity index is 1.81. The van der Waals surface area contributed by atoms with Gasteiger partial charge < -0.3 is 9.84 Å². The Morgan fingerprint density at radius 2 is 1.92 bits per heavy atom. The highest BCUT2D eigenvalue weighted by Crippen LogP contribution is 2.27. The van der Waals surface area contributed by atoms with Crippen LogP contribution in [0.5, 0.6) is 11.5 Å². The molecular weight excluding hydrogens is 306 g/mol. The zero-order valence-electron chi connectivity index (χ0n) is 13.4. The largest absolute Gasteiger partial charge is 0.506 e. The van der Waals surface area contributed by atoms with Crippen LogP contribution in [0.1, 0.15) is 6.92 Å². The van der Waals surface area contributed by atoms with Gasteiger partial charge in [-0.05, 0) is 43.3 Å². The second-order valence-electron chi connectivity index (χ2n) is 5.33. The van der Waals surface area contributed by atoms with E-state index in [4.69, 9.17) is 4.74 Å². The van der Waals surface area contributed by atoms with Gasteiger partial charge in [-0.2, -0.15) is 10.1 Å². The van der Waals surface area contributed by atoms with Crippen LogP contribution in [0.2, 0.25) is 0 Å². The summed E-state index contributed by atoms with van der Waals surface area (Å²) in [6.07, 6.45) is 1.51. The Labute approximate surface area is 139 Å². The van der Waals surface area contributed by atoms with Crippen LogP contribution in [0.15, 0.2) is 58.6 Å². The van der Waals surface area contributed by atoms with Crippen molar-refractivity contribution in [2.24, 2.45) is 16.0 Å². The molecule has 0 fully saturated rings. The lowest BCUT2D eigenvalue weighted by Gasteiger charge is -2.13. The summed E-state index contributed by atoms with van der Waals surface area (Å²) in [7, 11) is 1.59. The van der Waals surface area contributed by atoms with Crippen molar-refractivity contribution in [2.45, 2.75) is 6.92 Å². The SMILES string of the molecule is COc1ccc(N2N=C(C)C(C=Nc3ccccc3O)C2=O)cc1. The van der Waals surface area contributed by atoms with E-state index < -0.39 is 5.92 Å². The highest BCUT2D eigenvalue weighted by atomic mass is 16.5. The van der Waals surface area contributed by atoms with Crippen LogP contribution in [0.25, 0.3) is 0 Å². The topological polar surface area (TPSA) is 74.5 Å². The standard InChI is InChI=1S/C18H17N3O3/c1-12-15(11-19-16-5-3-4-6-17(16)22)18(23)21(20-12)13-7-9-14(24-2)10-8-13/h3-11,15,22H,1-2H3. The number of carbonyl (C=O) groups excluding carboxylic acids is 1. The number of para-hydroxylation sites is 2. The van der Waals surface area contributed by atoms with Gasteiger partial charge in [-0.15, -0.1) is 0 Å². The van der Waals surface area contributed by atoms with Crippen molar-refractivity contribution in [2.75, 3.05) is 12.1 Å². The number of hydrogen-bond acceptors (Lipinski definition) is 5. The van der Waals surface area contributed by atoms with E-state index >= 15 is 0 Å². The molecule has 1 aliphatic heterocycles. The summed E-state index contributed by atoms with van der Waals surface area (Å²) < 4.78 is 5.12. The average molecular weight is 323 g/mol. The predicted molar refractivity (Wildman–Crippen MR) is 93.3 cm³/mol. The van der Waals surface area contributed by atoms with Crippen molar-refractivity contribution < 1.29 is 14.6 Å². The number of carbonyl (C=O) groups is 1. The van der Waals surface area contributed by atoms with Crippen molar-refractivity contribution in [1.82, 2.24) is 0 Å². The molecule has 0 aliphatic carbocycles. The lowest BCUT2D eigenvalue weighted by Crippen LogP contribution is -2.27. The van der Waals surface area contributed by atoms with Crippen LogP contribution in [0.3, 0.4) is 0 Å². The second-order valence-corrected chi connectivity index (χ2v) is 5.33. The van der Waals surface area contributed by atoms with E-state index in [2.05, 4.69) is 10.1 Å². The molecule has 0 saturated heterocycles. The van der Waals surface area contributed by atoms with Crippen molar-refractivity contribution in [1.29, 1.82) is 0 Å². The summed E-state index contributed by atoms with van der Waals surface area (Å²) in [5.41, 5.74) is 1.73. The number of hydrogen-bond donors (Lipinski definition) is 1. The molecule has 1 amide bonds. The number of aliphatic imine (C=N–C) groups is 1. The van der Waals surface area contributed by atoms with E-state index in [-0.39, 0.29) is 11.7 Å². The molecule has 6 heteroatoms. The first-order chi connectivity index (χ1) is 11.6. The lowest BCUT2D eigenvalue weighted by molar-refractivity contribution is -0.118. The fraction of sp³-hybridized carbons (Fsp3) is 0.167. The zero-order valence-corrected chi connectivity index (χ0v) is 13.4. The fourth-order valence-corrected chi connectivity index (χ4v) is 2.39. The number of ether oxygens (including phenoxy) is 1. The third-order valence-electron chi connectivity index (χ3n) is 3.74. The highest BCUT2D eigenvalue weighted by Gasteiger charge is 2.33. The zero-order chi connectivity index (χ0) is 17.1. The molecular formula is C18H17N3O3. The monoisotopic (exact) mass is 323 g/mol. The van der Waals surface area contributed by atoms with Gasteiger partial charge in [-0.1, -0.05) is 12.1 Å². The van der Waals surface area contributed by atoms with Crippen LogP contribution in [-0.4, -0.2) is 30.0 Å². The molecule has 1 unspecified atom stereocenters. The minimum absolute atomic E-state index is 0.0702. The second kappa shape index (κ2) is 6.54. The maximum Gasteiger partial charge on any atom is 0.261 e. The molecule has 0 saturated carbocycles. The smallest absolute Gasteiger partial charge is 0.261 e. The van der Waals surface area contributed by atoms with Gasteiger partial charge in [0.25, 0.3) is 5.91 Å². The summed E-state index contributed by atoms with van der Waals surface area (Å²) in [4.78, 5) is 16.8. The summed E-state index contributed by atoms with van der Waals surface area (Å²) in [5, 5.41) is 15.4. The van der Waals surface area contributed by atoms with Crippen molar-refractivity contribution in [3.8, 4) is 11.5 Å². The number of methoxy groups -OCH3 is 1. The number of hydrazone groups is 1. The van der Waals surface area contributed by atoms with Crippen molar-refractivity contribution in [3.05, 3.63) is 48.5 Å². The van der Waals surface area contributed by atoms with Crippen molar-refractivity contribution >= 4 is 29.2 Å². The number of rotatable bonds is 4. The highest BCUT2D eigenvalue weighted by molar-refractivity contribution is 6.23. The number of aromatic hydroxyl groups is 1. The molecule has 1 atom stereocenters. The molecule has 1 N–H and O–H groups in total. The van der Waals surface area contributed by atoms with E-state index in [0.29, 0.717) is 22.8 Å². The van der Waals surface area contributed by atoms with E-state index in [1.54, 1.807) is 62.6 Å². The predicted octanol–water partition coefficient (Wildman–Crippen LogP) is 3.14. The van der Waals surface area contributed by atoms with Crippen LogP contribution in [0.4, 0.5) is 11.4 Å². The number of phenols is 1. The van der Waals surface area contributed by atoms with Crippen LogP contribution in [-0.2, 0) is 4.79 Å². The molecule has 24 heavy (non-hydrogen) atoms. The third-order valence-corrected chi connectivity index (χ3v) is 3.74. The molecule has 1 aliphatic rings. The number of anilines is 1. The molecule has 2 aromatic rings. The number of nitrogens with zero attached hydrogens (tertiary/aromatic N) is 3. The third kappa shape index (κ3) is 2.99. The molecule has 1 heterocycles. The number of amides is 1. The minimum Gasteiger partial charge on any atom is -0.506 e. The van der Waals surface area contributed by atoms with E-state index in [1.807, 2.05) is 0 Å². The fourth-order valence-electron chi connectivity index (χ4n) is 2.39. The quantitative estimate of drug-likeness (QED) is 0.878. The van der Waals surface area contributed by atoms with Gasteiger partial charge >= 0.3 is 0 Å². The lowest BCUT2D eigenvalue weighted by atomic mass is 10.1. The average Bonchev–Trinajstić information content (AvgIpc) is 2.89. The van der Waals surface area contributed by atoms with Gasteiger partial charge in [0, 0.05) is 6.21 Å². The first-order valence-corrected chi connectivity index (χ1v) is 7.45. The van der Waals surface area contributed by atoms with E-state index in [9.17, 15) is 9.90 Å². The molecule has 6 nitrogen and oxygen atoms in total. The Hall–Kier alpha value is -3.15. The van der Waals surface area contributed by atoms with Crippen molar-refractivity contribution in [3.63, 3.8) is 0 Å². The first-order valence-electron chi connectivity index (χ1n) is 7.45. The molecule has 0 spiro atoms. The van der Waals surface area contributed by atoms with E-state index in [0.717, 1.165) is 0 Å². The first kappa shape index (κ1) is 15.7. The van der Waals surface area contributed by atoms with Gasteiger partial charge in [0.1, 0.15) is 23.1 Å².